The Bertz CT molecular complexity index is 1000. The van der Waals surface area contributed by atoms with E-state index >= 15 is 0 Å². The Balaban J connectivity index is 1.42. The third kappa shape index (κ3) is 4.54. The van der Waals surface area contributed by atoms with Crippen molar-refractivity contribution in [2.75, 3.05) is 32.7 Å². The summed E-state index contributed by atoms with van der Waals surface area (Å²) in [5.41, 5.74) is 3.02. The summed E-state index contributed by atoms with van der Waals surface area (Å²) in [5.74, 6) is 0.234. The van der Waals surface area contributed by atoms with E-state index in [0.29, 0.717) is 19.0 Å². The van der Waals surface area contributed by atoms with Crippen LogP contribution in [-0.2, 0) is 18.3 Å². The lowest BCUT2D eigenvalue weighted by atomic mass is 10.0. The molecule has 0 radical (unpaired) electrons. The number of carbonyl (C=O) groups is 1. The standard InChI is InChI=1S/C23H29N5O/c1-17(2)28-8-6-27(7-9-28)15-22(29)12-21-11-20-10-18(4-5-19(20)13-25-21)23-14-24-16-26(23)3/h4-5,10-11,13-14,16-17H,6-9,12,15H2,1-3H3. The molecule has 152 valence electrons. The lowest BCUT2D eigenvalue weighted by Crippen LogP contribution is -2.50. The van der Waals surface area contributed by atoms with Crippen LogP contribution in [0.5, 0.6) is 0 Å². The Morgan fingerprint density at radius 1 is 1.07 bits per heavy atom. The Morgan fingerprint density at radius 3 is 2.55 bits per heavy atom. The van der Waals surface area contributed by atoms with Crippen LogP contribution in [0.3, 0.4) is 0 Å². The molecule has 0 unspecified atom stereocenters. The van der Waals surface area contributed by atoms with Crippen molar-refractivity contribution < 1.29 is 4.79 Å². The molecule has 0 amide bonds. The highest BCUT2D eigenvalue weighted by atomic mass is 16.1. The molecule has 3 aromatic rings. The molecule has 0 aliphatic carbocycles. The zero-order valence-electron chi connectivity index (χ0n) is 17.5. The van der Waals surface area contributed by atoms with Crippen molar-refractivity contribution in [2.24, 2.45) is 7.05 Å². The topological polar surface area (TPSA) is 54.3 Å². The van der Waals surface area contributed by atoms with Crippen molar-refractivity contribution in [1.29, 1.82) is 0 Å². The molecule has 1 aromatic carbocycles. The summed E-state index contributed by atoms with van der Waals surface area (Å²) in [6.45, 7) is 8.97. The number of Topliss-reactive ketones (excluding diaryl/α,β-unsaturated/α-hetero) is 1. The molecule has 1 fully saturated rings. The summed E-state index contributed by atoms with van der Waals surface area (Å²) in [6.07, 6.45) is 5.92. The molecule has 3 heterocycles. The highest BCUT2D eigenvalue weighted by Gasteiger charge is 2.20. The molecule has 2 aromatic heterocycles. The number of piperazine rings is 1. The number of fused-ring (bicyclic) bond motifs is 1. The van der Waals surface area contributed by atoms with Crippen LogP contribution in [0.4, 0.5) is 0 Å². The van der Waals surface area contributed by atoms with Crippen LogP contribution in [0, 0.1) is 0 Å². The Kier molecular flexibility index (Phi) is 5.74. The van der Waals surface area contributed by atoms with Gasteiger partial charge >= 0.3 is 0 Å². The first-order valence-corrected chi connectivity index (χ1v) is 10.3. The van der Waals surface area contributed by atoms with Gasteiger partial charge in [-0.15, -0.1) is 0 Å². The molecule has 0 atom stereocenters. The monoisotopic (exact) mass is 391 g/mol. The first kappa shape index (κ1) is 19.7. The molecule has 1 aliphatic rings. The first-order valence-electron chi connectivity index (χ1n) is 10.3. The maximum Gasteiger partial charge on any atom is 0.152 e. The summed E-state index contributed by atoms with van der Waals surface area (Å²) in [6, 6.07) is 8.93. The minimum absolute atomic E-state index is 0.234. The van der Waals surface area contributed by atoms with Crippen molar-refractivity contribution in [1.82, 2.24) is 24.3 Å². The van der Waals surface area contributed by atoms with Gasteiger partial charge in [0.1, 0.15) is 0 Å². The lowest BCUT2D eigenvalue weighted by Gasteiger charge is -2.36. The highest BCUT2D eigenvalue weighted by molar-refractivity contribution is 5.88. The largest absolute Gasteiger partial charge is 0.334 e. The van der Waals surface area contributed by atoms with Gasteiger partial charge in [-0.3, -0.25) is 19.6 Å². The van der Waals surface area contributed by atoms with Crippen LogP contribution in [0.1, 0.15) is 19.5 Å². The molecule has 4 rings (SSSR count). The number of hydrogen-bond acceptors (Lipinski definition) is 5. The second kappa shape index (κ2) is 8.43. The fourth-order valence-electron chi connectivity index (χ4n) is 4.02. The Morgan fingerprint density at radius 2 is 1.86 bits per heavy atom. The summed E-state index contributed by atoms with van der Waals surface area (Å²) < 4.78 is 2.01. The van der Waals surface area contributed by atoms with Crippen LogP contribution in [-0.4, -0.2) is 68.9 Å². The third-order valence-electron chi connectivity index (χ3n) is 5.81. The van der Waals surface area contributed by atoms with Gasteiger partial charge in [0.05, 0.1) is 31.2 Å². The predicted octanol–water partition coefficient (Wildman–Crippen LogP) is 2.77. The number of carbonyl (C=O) groups excluding carboxylic acids is 1. The second-order valence-electron chi connectivity index (χ2n) is 8.25. The van der Waals surface area contributed by atoms with Crippen molar-refractivity contribution in [3.8, 4) is 11.3 Å². The zero-order chi connectivity index (χ0) is 20.4. The fraction of sp³-hybridized carbons (Fsp3) is 0.435. The Hall–Kier alpha value is -2.57. The fourth-order valence-corrected chi connectivity index (χ4v) is 4.02. The van der Waals surface area contributed by atoms with Crippen LogP contribution in [0.25, 0.3) is 22.0 Å². The van der Waals surface area contributed by atoms with Crippen LogP contribution in [0.2, 0.25) is 0 Å². The Labute approximate surface area is 172 Å². The lowest BCUT2D eigenvalue weighted by molar-refractivity contribution is -0.120. The molecule has 1 aliphatic heterocycles. The minimum atomic E-state index is 0.234. The van der Waals surface area contributed by atoms with Gasteiger partial charge in [-0.25, -0.2) is 4.98 Å². The van der Waals surface area contributed by atoms with Crippen molar-refractivity contribution in [3.63, 3.8) is 0 Å². The minimum Gasteiger partial charge on any atom is -0.334 e. The number of benzene rings is 1. The maximum atomic E-state index is 12.6. The molecular formula is C23H29N5O. The molecular weight excluding hydrogens is 362 g/mol. The van der Waals surface area contributed by atoms with Crippen molar-refractivity contribution in [3.05, 3.63) is 48.7 Å². The molecule has 1 saturated heterocycles. The smallest absolute Gasteiger partial charge is 0.152 e. The third-order valence-corrected chi connectivity index (χ3v) is 5.81. The number of aromatic nitrogens is 3. The average Bonchev–Trinajstić information content (AvgIpc) is 3.13. The number of pyridine rings is 1. The summed E-state index contributed by atoms with van der Waals surface area (Å²) in [7, 11) is 1.99. The van der Waals surface area contributed by atoms with Gasteiger partial charge < -0.3 is 4.57 Å². The molecule has 6 nitrogen and oxygen atoms in total. The second-order valence-corrected chi connectivity index (χ2v) is 8.25. The van der Waals surface area contributed by atoms with Gasteiger partial charge in [0.2, 0.25) is 0 Å². The SMILES string of the molecule is CC(C)N1CCN(CC(=O)Cc2cc3cc(-c4cncn4C)ccc3cn2)CC1. The van der Waals surface area contributed by atoms with E-state index in [1.165, 1.54) is 0 Å². The highest BCUT2D eigenvalue weighted by Crippen LogP contribution is 2.24. The van der Waals surface area contributed by atoms with Crippen LogP contribution in [0.15, 0.2) is 43.0 Å². The summed E-state index contributed by atoms with van der Waals surface area (Å²) in [4.78, 5) is 26.1. The number of hydrogen-bond donors (Lipinski definition) is 0. The molecule has 0 bridgehead atoms. The molecule has 0 spiro atoms. The molecule has 29 heavy (non-hydrogen) atoms. The molecule has 0 saturated carbocycles. The van der Waals surface area contributed by atoms with Gasteiger partial charge in [-0.1, -0.05) is 12.1 Å². The first-order chi connectivity index (χ1) is 14.0. The van der Waals surface area contributed by atoms with Crippen LogP contribution < -0.4 is 0 Å². The van der Waals surface area contributed by atoms with Gasteiger partial charge in [0.15, 0.2) is 5.78 Å². The number of nitrogens with zero attached hydrogens (tertiary/aromatic N) is 5. The van der Waals surface area contributed by atoms with E-state index < -0.39 is 0 Å². The van der Waals surface area contributed by atoms with Crippen LogP contribution >= 0.6 is 0 Å². The van der Waals surface area contributed by atoms with E-state index in [2.05, 4.69) is 51.8 Å². The molecule has 6 heteroatoms. The van der Waals surface area contributed by atoms with Crippen molar-refractivity contribution >= 4 is 16.6 Å². The number of aryl methyl sites for hydroxylation is 1. The van der Waals surface area contributed by atoms with E-state index in [9.17, 15) is 4.79 Å². The van der Waals surface area contributed by atoms with Gasteiger partial charge in [-0.2, -0.15) is 0 Å². The zero-order valence-corrected chi connectivity index (χ0v) is 17.5. The molecule has 0 N–H and O–H groups in total. The normalized spacial score (nSPS) is 16.0. The summed E-state index contributed by atoms with van der Waals surface area (Å²) in [5, 5.41) is 2.18. The average molecular weight is 392 g/mol. The summed E-state index contributed by atoms with van der Waals surface area (Å²) >= 11 is 0. The number of imidazole rings is 1. The predicted molar refractivity (Wildman–Crippen MR) is 116 cm³/mol. The van der Waals surface area contributed by atoms with E-state index in [0.717, 1.165) is 53.9 Å². The van der Waals surface area contributed by atoms with E-state index in [1.807, 2.05) is 30.1 Å². The van der Waals surface area contributed by atoms with Gasteiger partial charge in [0.25, 0.3) is 0 Å². The quantitative estimate of drug-likeness (QED) is 0.647. The maximum absolute atomic E-state index is 12.6. The van der Waals surface area contributed by atoms with E-state index in [4.69, 9.17) is 0 Å². The van der Waals surface area contributed by atoms with Crippen molar-refractivity contribution in [2.45, 2.75) is 26.3 Å². The van der Waals surface area contributed by atoms with Gasteiger partial charge in [-0.05, 0) is 31.4 Å². The van der Waals surface area contributed by atoms with E-state index in [-0.39, 0.29) is 5.78 Å². The number of ketones is 1. The van der Waals surface area contributed by atoms with Gasteiger partial charge in [0, 0.05) is 62.1 Å². The van der Waals surface area contributed by atoms with E-state index in [1.54, 1.807) is 6.33 Å². The number of rotatable bonds is 6.